The molecule has 0 radical (unpaired) electrons. The molecule has 1 amide bonds. The Balaban J connectivity index is 1.81. The summed E-state index contributed by atoms with van der Waals surface area (Å²) in [5.41, 5.74) is 0.501. The van der Waals surface area contributed by atoms with Gasteiger partial charge in [0.05, 0.1) is 11.2 Å². The van der Waals surface area contributed by atoms with E-state index in [4.69, 9.17) is 20.9 Å². The third-order valence-electron chi connectivity index (χ3n) is 5.52. The Hall–Kier alpha value is -1.08. The zero-order valence-electron chi connectivity index (χ0n) is 15.6. The van der Waals surface area contributed by atoms with Crippen molar-refractivity contribution >= 4 is 30.1 Å². The predicted molar refractivity (Wildman–Crippen MR) is 101 cm³/mol. The summed E-state index contributed by atoms with van der Waals surface area (Å²) < 4.78 is 12.1. The van der Waals surface area contributed by atoms with E-state index in [1.165, 1.54) is 0 Å². The van der Waals surface area contributed by atoms with Gasteiger partial charge in [-0.25, -0.2) is 0 Å². The van der Waals surface area contributed by atoms with Gasteiger partial charge >= 0.3 is 7.12 Å². The van der Waals surface area contributed by atoms with Crippen LogP contribution in [0.25, 0.3) is 0 Å². The van der Waals surface area contributed by atoms with Crippen LogP contribution in [0.1, 0.15) is 45.0 Å². The minimum absolute atomic E-state index is 0.0105. The number of hydrogen-bond donors (Lipinski definition) is 1. The van der Waals surface area contributed by atoms with E-state index in [2.05, 4.69) is 5.32 Å². The summed E-state index contributed by atoms with van der Waals surface area (Å²) in [6.45, 7) is 12.4. The SMILES string of the molecule is CC1CNCCN1C(=O)c1ccc(B2OC(C)(C)C(C)(C)O2)c(Cl)c1. The molecule has 0 aliphatic carbocycles. The van der Waals surface area contributed by atoms with Crippen molar-refractivity contribution in [2.75, 3.05) is 19.6 Å². The van der Waals surface area contributed by atoms with E-state index in [1.807, 2.05) is 51.7 Å². The van der Waals surface area contributed by atoms with Crippen molar-refractivity contribution in [3.8, 4) is 0 Å². The molecule has 1 aromatic carbocycles. The third-order valence-corrected chi connectivity index (χ3v) is 5.84. The second-order valence-electron chi connectivity index (χ2n) is 7.88. The first-order chi connectivity index (χ1) is 11.6. The summed E-state index contributed by atoms with van der Waals surface area (Å²) in [6.07, 6.45) is 0. The average Bonchev–Trinajstić information content (AvgIpc) is 2.75. The molecule has 2 fully saturated rings. The van der Waals surface area contributed by atoms with E-state index >= 15 is 0 Å². The predicted octanol–water partition coefficient (Wildman–Crippen LogP) is 2.07. The zero-order chi connectivity index (χ0) is 18.4. The van der Waals surface area contributed by atoms with Gasteiger partial charge in [0.1, 0.15) is 0 Å². The minimum atomic E-state index is -0.528. The molecular formula is C18H26BClN2O3. The molecule has 1 unspecified atom stereocenters. The molecule has 3 rings (SSSR count). The molecule has 0 aromatic heterocycles. The van der Waals surface area contributed by atoms with Crippen LogP contribution >= 0.6 is 11.6 Å². The van der Waals surface area contributed by atoms with Crippen molar-refractivity contribution < 1.29 is 14.1 Å². The maximum atomic E-state index is 12.8. The van der Waals surface area contributed by atoms with Crippen LogP contribution in [0.15, 0.2) is 18.2 Å². The Morgan fingerprint density at radius 1 is 1.28 bits per heavy atom. The zero-order valence-corrected chi connectivity index (χ0v) is 16.3. The van der Waals surface area contributed by atoms with Crippen LogP contribution in [-0.2, 0) is 9.31 Å². The lowest BCUT2D eigenvalue weighted by atomic mass is 9.78. The Bertz CT molecular complexity index is 664. The summed E-state index contributed by atoms with van der Waals surface area (Å²) in [4.78, 5) is 14.7. The van der Waals surface area contributed by atoms with Crippen molar-refractivity contribution in [1.82, 2.24) is 10.2 Å². The van der Waals surface area contributed by atoms with Crippen molar-refractivity contribution in [2.24, 2.45) is 0 Å². The highest BCUT2D eigenvalue weighted by molar-refractivity contribution is 6.65. The van der Waals surface area contributed by atoms with Crippen LogP contribution in [0, 0.1) is 0 Å². The van der Waals surface area contributed by atoms with Crippen LogP contribution in [0.2, 0.25) is 5.02 Å². The van der Waals surface area contributed by atoms with Crippen LogP contribution in [0.4, 0.5) is 0 Å². The highest BCUT2D eigenvalue weighted by Gasteiger charge is 2.52. The van der Waals surface area contributed by atoms with Crippen LogP contribution in [0.3, 0.4) is 0 Å². The van der Waals surface area contributed by atoms with Crippen LogP contribution in [-0.4, -0.2) is 54.8 Å². The number of carbonyl (C=O) groups is 1. The number of hydrogen-bond acceptors (Lipinski definition) is 4. The van der Waals surface area contributed by atoms with E-state index in [1.54, 1.807) is 6.07 Å². The molecule has 2 saturated heterocycles. The monoisotopic (exact) mass is 364 g/mol. The molecule has 2 heterocycles. The fourth-order valence-electron chi connectivity index (χ4n) is 3.13. The summed E-state index contributed by atoms with van der Waals surface area (Å²) in [5.74, 6) is 0.0105. The number of benzene rings is 1. The summed E-state index contributed by atoms with van der Waals surface area (Å²) in [6, 6.07) is 5.54. The molecule has 2 aliphatic heterocycles. The molecule has 1 aromatic rings. The number of nitrogens with one attached hydrogen (secondary N) is 1. The molecule has 7 heteroatoms. The Kier molecular flexibility index (Phi) is 4.92. The Morgan fingerprint density at radius 2 is 1.92 bits per heavy atom. The highest BCUT2D eigenvalue weighted by Crippen LogP contribution is 2.37. The van der Waals surface area contributed by atoms with E-state index in [-0.39, 0.29) is 11.9 Å². The number of halogens is 1. The summed E-state index contributed by atoms with van der Waals surface area (Å²) in [5, 5.41) is 3.78. The van der Waals surface area contributed by atoms with E-state index in [0.717, 1.165) is 18.6 Å². The molecule has 1 N–H and O–H groups in total. The van der Waals surface area contributed by atoms with Crippen molar-refractivity contribution in [1.29, 1.82) is 0 Å². The molecule has 5 nitrogen and oxygen atoms in total. The van der Waals surface area contributed by atoms with Gasteiger partial charge in [-0.15, -0.1) is 0 Å². The molecule has 0 saturated carbocycles. The lowest BCUT2D eigenvalue weighted by molar-refractivity contribution is 0.00578. The van der Waals surface area contributed by atoms with Gasteiger partial charge in [0.2, 0.25) is 0 Å². The second kappa shape index (κ2) is 6.58. The smallest absolute Gasteiger partial charge is 0.399 e. The van der Waals surface area contributed by atoms with Gasteiger partial charge in [-0.2, -0.15) is 0 Å². The Labute approximate surface area is 155 Å². The van der Waals surface area contributed by atoms with Crippen molar-refractivity contribution in [2.45, 2.75) is 51.9 Å². The molecule has 136 valence electrons. The van der Waals surface area contributed by atoms with Crippen molar-refractivity contribution in [3.63, 3.8) is 0 Å². The maximum absolute atomic E-state index is 12.8. The number of amides is 1. The second-order valence-corrected chi connectivity index (χ2v) is 8.28. The van der Waals surface area contributed by atoms with Crippen LogP contribution in [0.5, 0.6) is 0 Å². The van der Waals surface area contributed by atoms with E-state index in [9.17, 15) is 4.79 Å². The van der Waals surface area contributed by atoms with Gasteiger partial charge in [-0.3, -0.25) is 4.79 Å². The maximum Gasteiger partial charge on any atom is 0.496 e. The fourth-order valence-corrected chi connectivity index (χ4v) is 3.40. The van der Waals surface area contributed by atoms with E-state index < -0.39 is 18.3 Å². The van der Waals surface area contributed by atoms with Gasteiger partial charge in [-0.1, -0.05) is 17.7 Å². The number of piperazine rings is 1. The first kappa shape index (κ1) is 18.7. The number of carbonyl (C=O) groups excluding carboxylic acids is 1. The Morgan fingerprint density at radius 3 is 2.48 bits per heavy atom. The molecular weight excluding hydrogens is 338 g/mol. The first-order valence-electron chi connectivity index (χ1n) is 8.79. The summed E-state index contributed by atoms with van der Waals surface area (Å²) >= 11 is 6.47. The minimum Gasteiger partial charge on any atom is -0.399 e. The van der Waals surface area contributed by atoms with Gasteiger partial charge < -0.3 is 19.5 Å². The third kappa shape index (κ3) is 3.45. The molecule has 0 bridgehead atoms. The molecule has 0 spiro atoms. The van der Waals surface area contributed by atoms with Crippen molar-refractivity contribution in [3.05, 3.63) is 28.8 Å². The fraction of sp³-hybridized carbons (Fsp3) is 0.611. The topological polar surface area (TPSA) is 50.8 Å². The number of rotatable bonds is 2. The number of nitrogens with zero attached hydrogens (tertiary/aromatic N) is 1. The average molecular weight is 365 g/mol. The first-order valence-corrected chi connectivity index (χ1v) is 9.17. The normalized spacial score (nSPS) is 25.3. The largest absolute Gasteiger partial charge is 0.496 e. The lowest BCUT2D eigenvalue weighted by Crippen LogP contribution is -2.52. The lowest BCUT2D eigenvalue weighted by Gasteiger charge is -2.34. The molecule has 25 heavy (non-hydrogen) atoms. The molecule has 2 aliphatic rings. The summed E-state index contributed by atoms with van der Waals surface area (Å²) in [7, 11) is -0.528. The highest BCUT2D eigenvalue weighted by atomic mass is 35.5. The van der Waals surface area contributed by atoms with Gasteiger partial charge in [0.15, 0.2) is 0 Å². The van der Waals surface area contributed by atoms with E-state index in [0.29, 0.717) is 17.1 Å². The quantitative estimate of drug-likeness (QED) is 0.816. The standard InChI is InChI=1S/C18H26BClN2O3/c1-12-11-21-8-9-22(12)16(23)13-6-7-14(15(20)10-13)19-24-17(2,3)18(4,5)25-19/h6-7,10,12,21H,8-9,11H2,1-5H3. The van der Waals surface area contributed by atoms with Crippen LogP contribution < -0.4 is 10.8 Å². The van der Waals surface area contributed by atoms with Gasteiger partial charge in [0.25, 0.3) is 5.91 Å². The van der Waals surface area contributed by atoms with Gasteiger partial charge in [0, 0.05) is 41.7 Å². The molecule has 1 atom stereocenters. The van der Waals surface area contributed by atoms with Gasteiger partial charge in [-0.05, 0) is 46.8 Å².